The van der Waals surface area contributed by atoms with Crippen LogP contribution in [-0.2, 0) is 0 Å². The number of hydrogen-bond donors (Lipinski definition) is 0. The summed E-state index contributed by atoms with van der Waals surface area (Å²) in [4.78, 5) is 8.09. The van der Waals surface area contributed by atoms with Crippen LogP contribution in [0, 0.1) is 6.92 Å². The van der Waals surface area contributed by atoms with Gasteiger partial charge < -0.3 is 4.74 Å². The van der Waals surface area contributed by atoms with Crippen LogP contribution in [0.15, 0.2) is 17.4 Å². The number of aromatic nitrogens is 3. The van der Waals surface area contributed by atoms with Crippen molar-refractivity contribution in [2.75, 3.05) is 0 Å². The van der Waals surface area contributed by atoms with Gasteiger partial charge in [-0.05, 0) is 13.0 Å². The van der Waals surface area contributed by atoms with Gasteiger partial charge in [-0.25, -0.2) is 9.51 Å². The second-order valence-electron chi connectivity index (χ2n) is 2.85. The molecule has 64 valence electrons. The van der Waals surface area contributed by atoms with E-state index in [1.54, 1.807) is 4.52 Å². The molecule has 2 aromatic rings. The highest BCUT2D eigenvalue weighted by molar-refractivity contribution is 5.83. The van der Waals surface area contributed by atoms with Gasteiger partial charge in [0, 0.05) is 5.69 Å². The number of aliphatic imine (C=N–C) groups is 1. The number of hydrogen-bond acceptors (Lipinski definition) is 4. The largest absolute Gasteiger partial charge is 0.425 e. The van der Waals surface area contributed by atoms with Crippen LogP contribution < -0.4 is 4.74 Å². The van der Waals surface area contributed by atoms with Crippen LogP contribution in [0.1, 0.15) is 5.69 Å². The third kappa shape index (κ3) is 0.729. The van der Waals surface area contributed by atoms with Crippen LogP contribution in [-0.4, -0.2) is 21.0 Å². The predicted molar refractivity (Wildman–Crippen MR) is 46.5 cm³/mol. The molecular weight excluding hydrogens is 168 g/mol. The molecular formula is C8H6N4O. The molecule has 3 heterocycles. The molecule has 0 spiro atoms. The molecule has 2 aromatic heterocycles. The molecule has 1 aliphatic heterocycles. The quantitative estimate of drug-likeness (QED) is 0.600. The molecule has 0 bridgehead atoms. The first-order chi connectivity index (χ1) is 6.36. The maximum Gasteiger partial charge on any atom is 0.250 e. The van der Waals surface area contributed by atoms with Gasteiger partial charge in [0.2, 0.25) is 5.88 Å². The summed E-state index contributed by atoms with van der Waals surface area (Å²) < 4.78 is 6.92. The molecule has 0 amide bonds. The van der Waals surface area contributed by atoms with Gasteiger partial charge in [0.1, 0.15) is 6.33 Å². The highest BCUT2D eigenvalue weighted by Gasteiger charge is 2.15. The standard InChI is InChI=1S/C8H6N4O/c1-5-2-6-7-8(13-4-10-6)9-3-11-12(5)7/h2-4H,1H3. The van der Waals surface area contributed by atoms with E-state index < -0.39 is 0 Å². The van der Waals surface area contributed by atoms with Crippen molar-refractivity contribution < 1.29 is 4.74 Å². The van der Waals surface area contributed by atoms with E-state index in [1.807, 2.05) is 13.0 Å². The van der Waals surface area contributed by atoms with Gasteiger partial charge in [-0.2, -0.15) is 10.1 Å². The third-order valence-corrected chi connectivity index (χ3v) is 2.03. The van der Waals surface area contributed by atoms with Crippen molar-refractivity contribution in [1.29, 1.82) is 0 Å². The second-order valence-corrected chi connectivity index (χ2v) is 2.85. The predicted octanol–water partition coefficient (Wildman–Crippen LogP) is 1.09. The Morgan fingerprint density at radius 2 is 2.38 bits per heavy atom. The monoisotopic (exact) mass is 174 g/mol. The number of nitrogens with zero attached hydrogens (tertiary/aromatic N) is 4. The summed E-state index contributed by atoms with van der Waals surface area (Å²) in [6, 6.07) is 1.95. The minimum Gasteiger partial charge on any atom is -0.425 e. The second kappa shape index (κ2) is 2.07. The van der Waals surface area contributed by atoms with Crippen molar-refractivity contribution in [2.45, 2.75) is 6.92 Å². The number of rotatable bonds is 0. The van der Waals surface area contributed by atoms with Crippen molar-refractivity contribution in [1.82, 2.24) is 14.6 Å². The topological polar surface area (TPSA) is 51.8 Å². The smallest absolute Gasteiger partial charge is 0.250 e. The molecule has 0 atom stereocenters. The van der Waals surface area contributed by atoms with E-state index in [9.17, 15) is 0 Å². The fraction of sp³-hybridized carbons (Fsp3) is 0.125. The molecule has 5 heteroatoms. The van der Waals surface area contributed by atoms with Gasteiger partial charge in [-0.1, -0.05) is 0 Å². The molecule has 1 aliphatic rings. The van der Waals surface area contributed by atoms with Gasteiger partial charge in [-0.15, -0.1) is 0 Å². The summed E-state index contributed by atoms with van der Waals surface area (Å²) in [6.07, 6.45) is 2.86. The Balaban J connectivity index is 2.57. The minimum atomic E-state index is 0.563. The van der Waals surface area contributed by atoms with E-state index in [0.29, 0.717) is 5.88 Å². The van der Waals surface area contributed by atoms with Crippen LogP contribution >= 0.6 is 0 Å². The third-order valence-electron chi connectivity index (χ3n) is 2.03. The summed E-state index contributed by atoms with van der Waals surface area (Å²) in [5.41, 5.74) is 2.72. The average Bonchev–Trinajstić information content (AvgIpc) is 2.47. The molecule has 13 heavy (non-hydrogen) atoms. The molecule has 0 aromatic carbocycles. The molecule has 0 radical (unpaired) electrons. The lowest BCUT2D eigenvalue weighted by molar-refractivity contribution is 0.543. The van der Waals surface area contributed by atoms with Crippen LogP contribution in [0.5, 0.6) is 5.88 Å². The summed E-state index contributed by atoms with van der Waals surface area (Å²) in [5, 5.41) is 4.10. The van der Waals surface area contributed by atoms with Crippen molar-refractivity contribution in [2.24, 2.45) is 4.99 Å². The van der Waals surface area contributed by atoms with E-state index in [1.165, 1.54) is 12.7 Å². The SMILES string of the molecule is Cc1cc2c3c(ncnn13)OC=N2. The zero-order chi connectivity index (χ0) is 8.84. The molecule has 3 rings (SSSR count). The van der Waals surface area contributed by atoms with Crippen molar-refractivity contribution in [3.8, 4) is 5.88 Å². The number of ether oxygens (including phenoxy) is 1. The fourth-order valence-electron chi connectivity index (χ4n) is 1.47. The summed E-state index contributed by atoms with van der Waals surface area (Å²) >= 11 is 0. The van der Waals surface area contributed by atoms with E-state index in [0.717, 1.165) is 16.9 Å². The van der Waals surface area contributed by atoms with Crippen molar-refractivity contribution in [3.05, 3.63) is 18.1 Å². The Kier molecular flexibility index (Phi) is 1.05. The molecule has 0 unspecified atom stereocenters. The Labute approximate surface area is 73.7 Å². The first kappa shape index (κ1) is 6.59. The van der Waals surface area contributed by atoms with E-state index in [-0.39, 0.29) is 0 Å². The number of aryl methyl sites for hydroxylation is 1. The van der Waals surface area contributed by atoms with Gasteiger partial charge in [0.25, 0.3) is 0 Å². The molecule has 0 saturated heterocycles. The van der Waals surface area contributed by atoms with E-state index in [2.05, 4.69) is 15.1 Å². The first-order valence-corrected chi connectivity index (χ1v) is 3.89. The van der Waals surface area contributed by atoms with Crippen molar-refractivity contribution in [3.63, 3.8) is 0 Å². The van der Waals surface area contributed by atoms with E-state index in [4.69, 9.17) is 4.74 Å². The molecule has 0 fully saturated rings. The van der Waals surface area contributed by atoms with Crippen LogP contribution in [0.4, 0.5) is 5.69 Å². The molecule has 0 N–H and O–H groups in total. The van der Waals surface area contributed by atoms with Gasteiger partial charge in [-0.3, -0.25) is 0 Å². The van der Waals surface area contributed by atoms with Gasteiger partial charge in [0.05, 0.1) is 5.69 Å². The zero-order valence-corrected chi connectivity index (χ0v) is 6.93. The molecule has 0 saturated carbocycles. The maximum atomic E-state index is 5.15. The first-order valence-electron chi connectivity index (χ1n) is 3.89. The van der Waals surface area contributed by atoms with Gasteiger partial charge in [0.15, 0.2) is 11.9 Å². The minimum absolute atomic E-state index is 0.563. The maximum absolute atomic E-state index is 5.15. The van der Waals surface area contributed by atoms with Crippen LogP contribution in [0.2, 0.25) is 0 Å². The molecule has 0 aliphatic carbocycles. The van der Waals surface area contributed by atoms with E-state index >= 15 is 0 Å². The highest BCUT2D eigenvalue weighted by atomic mass is 16.5. The lowest BCUT2D eigenvalue weighted by Crippen LogP contribution is -2.02. The highest BCUT2D eigenvalue weighted by Crippen LogP contribution is 2.31. The fourth-order valence-corrected chi connectivity index (χ4v) is 1.47. The van der Waals surface area contributed by atoms with Crippen molar-refractivity contribution >= 4 is 17.6 Å². The lowest BCUT2D eigenvalue weighted by atomic mass is 10.4. The summed E-state index contributed by atoms with van der Waals surface area (Å²) in [7, 11) is 0. The Hall–Kier alpha value is -1.91. The van der Waals surface area contributed by atoms with Crippen LogP contribution in [0.3, 0.4) is 0 Å². The summed E-state index contributed by atoms with van der Waals surface area (Å²) in [6.45, 7) is 1.97. The Morgan fingerprint density at radius 1 is 1.46 bits per heavy atom. The normalized spacial score (nSPS) is 13.3. The Bertz CT molecular complexity index is 514. The van der Waals surface area contributed by atoms with Gasteiger partial charge >= 0.3 is 0 Å². The Morgan fingerprint density at radius 3 is 3.31 bits per heavy atom. The lowest BCUT2D eigenvalue weighted by Gasteiger charge is -2.05. The summed E-state index contributed by atoms with van der Waals surface area (Å²) in [5.74, 6) is 0.563. The average molecular weight is 174 g/mol. The molecule has 5 nitrogen and oxygen atoms in total. The van der Waals surface area contributed by atoms with Crippen LogP contribution in [0.25, 0.3) is 5.52 Å². The zero-order valence-electron chi connectivity index (χ0n) is 6.93.